The predicted octanol–water partition coefficient (Wildman–Crippen LogP) is -0.206. The average Bonchev–Trinajstić information content (AvgIpc) is 2.90. The lowest BCUT2D eigenvalue weighted by atomic mass is 10.1. The standard InChI is InChI=1S/C15H24N4O3/c1-10(2)19-5-4-11(9-19)8-18(3)13(20)6-12-7-16-15(22)17-14(12)21/h7,10-11H,4-6,8-9H2,1-3H3,(H2,16,17,21,22)/t11-/m1/s1. The average molecular weight is 308 g/mol. The first-order valence-corrected chi connectivity index (χ1v) is 7.65. The Balaban J connectivity index is 1.90. The minimum Gasteiger partial charge on any atom is -0.345 e. The van der Waals surface area contributed by atoms with Gasteiger partial charge in [-0.1, -0.05) is 0 Å². The van der Waals surface area contributed by atoms with E-state index in [9.17, 15) is 14.4 Å². The zero-order valence-electron chi connectivity index (χ0n) is 13.4. The van der Waals surface area contributed by atoms with Crippen LogP contribution in [0.5, 0.6) is 0 Å². The van der Waals surface area contributed by atoms with Crippen LogP contribution in [0.4, 0.5) is 0 Å². The van der Waals surface area contributed by atoms with Gasteiger partial charge in [0.15, 0.2) is 0 Å². The normalized spacial score (nSPS) is 18.8. The molecule has 2 heterocycles. The molecule has 1 aliphatic heterocycles. The van der Waals surface area contributed by atoms with Crippen molar-refractivity contribution in [1.29, 1.82) is 0 Å². The third-order valence-electron chi connectivity index (χ3n) is 4.24. The van der Waals surface area contributed by atoms with Gasteiger partial charge < -0.3 is 14.8 Å². The van der Waals surface area contributed by atoms with Gasteiger partial charge >= 0.3 is 5.69 Å². The minimum absolute atomic E-state index is 0.00320. The van der Waals surface area contributed by atoms with Gasteiger partial charge in [0, 0.05) is 37.9 Å². The molecule has 1 saturated heterocycles. The summed E-state index contributed by atoms with van der Waals surface area (Å²) in [5.41, 5.74) is -0.779. The maximum Gasteiger partial charge on any atom is 0.325 e. The van der Waals surface area contributed by atoms with Crippen molar-refractivity contribution in [3.8, 4) is 0 Å². The quantitative estimate of drug-likeness (QED) is 0.788. The highest BCUT2D eigenvalue weighted by Gasteiger charge is 2.26. The van der Waals surface area contributed by atoms with E-state index >= 15 is 0 Å². The smallest absolute Gasteiger partial charge is 0.325 e. The van der Waals surface area contributed by atoms with Crippen LogP contribution in [0.25, 0.3) is 0 Å². The highest BCUT2D eigenvalue weighted by atomic mass is 16.2. The van der Waals surface area contributed by atoms with Crippen molar-refractivity contribution in [3.05, 3.63) is 32.6 Å². The molecule has 0 unspecified atom stereocenters. The van der Waals surface area contributed by atoms with Crippen molar-refractivity contribution in [1.82, 2.24) is 19.8 Å². The molecule has 22 heavy (non-hydrogen) atoms. The number of carbonyl (C=O) groups is 1. The van der Waals surface area contributed by atoms with Crippen LogP contribution in [0.1, 0.15) is 25.8 Å². The number of likely N-dealkylation sites (tertiary alicyclic amines) is 1. The lowest BCUT2D eigenvalue weighted by Crippen LogP contribution is -2.36. The summed E-state index contributed by atoms with van der Waals surface area (Å²) < 4.78 is 0. The number of hydrogen-bond acceptors (Lipinski definition) is 4. The second kappa shape index (κ2) is 6.91. The van der Waals surface area contributed by atoms with Crippen molar-refractivity contribution >= 4 is 5.91 Å². The molecule has 0 saturated carbocycles. The van der Waals surface area contributed by atoms with E-state index in [2.05, 4.69) is 28.7 Å². The number of aromatic amines is 2. The molecule has 7 nitrogen and oxygen atoms in total. The monoisotopic (exact) mass is 308 g/mol. The minimum atomic E-state index is -0.561. The molecule has 0 aromatic carbocycles. The number of nitrogens with one attached hydrogen (secondary N) is 2. The Bertz CT molecular complexity index is 634. The van der Waals surface area contributed by atoms with Crippen LogP contribution >= 0.6 is 0 Å². The number of H-pyrrole nitrogens is 2. The van der Waals surface area contributed by atoms with Crippen LogP contribution in [-0.4, -0.2) is 58.4 Å². The second-order valence-electron chi connectivity index (χ2n) is 6.29. The first-order chi connectivity index (χ1) is 10.4. The van der Waals surface area contributed by atoms with Crippen molar-refractivity contribution in [3.63, 3.8) is 0 Å². The molecule has 0 radical (unpaired) electrons. The van der Waals surface area contributed by atoms with Crippen molar-refractivity contribution in [2.45, 2.75) is 32.7 Å². The molecule has 0 bridgehead atoms. The lowest BCUT2D eigenvalue weighted by Gasteiger charge is -2.23. The summed E-state index contributed by atoms with van der Waals surface area (Å²) >= 11 is 0. The Morgan fingerprint density at radius 3 is 2.77 bits per heavy atom. The third-order valence-corrected chi connectivity index (χ3v) is 4.24. The Kier molecular flexibility index (Phi) is 5.18. The fourth-order valence-corrected chi connectivity index (χ4v) is 2.84. The Morgan fingerprint density at radius 1 is 1.45 bits per heavy atom. The molecule has 2 N–H and O–H groups in total. The zero-order valence-corrected chi connectivity index (χ0v) is 13.4. The number of likely N-dealkylation sites (N-methyl/N-ethyl adjacent to an activating group) is 1. The predicted molar refractivity (Wildman–Crippen MR) is 83.8 cm³/mol. The van der Waals surface area contributed by atoms with E-state index in [1.165, 1.54) is 6.20 Å². The summed E-state index contributed by atoms with van der Waals surface area (Å²) in [5, 5.41) is 0. The molecule has 1 aromatic rings. The molecule has 1 amide bonds. The van der Waals surface area contributed by atoms with Gasteiger partial charge in [-0.05, 0) is 32.7 Å². The van der Waals surface area contributed by atoms with Gasteiger partial charge in [0.2, 0.25) is 5.91 Å². The van der Waals surface area contributed by atoms with Crippen LogP contribution < -0.4 is 11.2 Å². The summed E-state index contributed by atoms with van der Waals surface area (Å²) in [5.74, 6) is 0.366. The van der Waals surface area contributed by atoms with E-state index in [0.29, 0.717) is 18.5 Å². The molecule has 122 valence electrons. The molecular formula is C15H24N4O3. The molecule has 0 aliphatic carbocycles. The van der Waals surface area contributed by atoms with E-state index in [-0.39, 0.29) is 17.9 Å². The van der Waals surface area contributed by atoms with Crippen LogP contribution in [0.15, 0.2) is 15.8 Å². The van der Waals surface area contributed by atoms with Crippen LogP contribution in [0, 0.1) is 5.92 Å². The summed E-state index contributed by atoms with van der Waals surface area (Å²) in [4.78, 5) is 43.4. The van der Waals surface area contributed by atoms with Gasteiger partial charge in [0.25, 0.3) is 5.56 Å². The van der Waals surface area contributed by atoms with Gasteiger partial charge in [-0.25, -0.2) is 4.79 Å². The van der Waals surface area contributed by atoms with E-state index in [1.807, 2.05) is 0 Å². The topological polar surface area (TPSA) is 89.3 Å². The first-order valence-electron chi connectivity index (χ1n) is 7.65. The summed E-state index contributed by atoms with van der Waals surface area (Å²) in [7, 11) is 1.76. The highest BCUT2D eigenvalue weighted by molar-refractivity contribution is 5.78. The molecule has 1 aliphatic rings. The van der Waals surface area contributed by atoms with Gasteiger partial charge in [-0.15, -0.1) is 0 Å². The number of hydrogen-bond donors (Lipinski definition) is 2. The van der Waals surface area contributed by atoms with E-state index < -0.39 is 11.2 Å². The van der Waals surface area contributed by atoms with E-state index in [4.69, 9.17) is 0 Å². The first kappa shape index (κ1) is 16.5. The van der Waals surface area contributed by atoms with Gasteiger partial charge in [-0.2, -0.15) is 0 Å². The summed E-state index contributed by atoms with van der Waals surface area (Å²) in [6.45, 7) is 7.14. The van der Waals surface area contributed by atoms with E-state index in [0.717, 1.165) is 19.5 Å². The van der Waals surface area contributed by atoms with Crippen molar-refractivity contribution in [2.75, 3.05) is 26.7 Å². The number of aromatic nitrogens is 2. The largest absolute Gasteiger partial charge is 0.345 e. The summed E-state index contributed by atoms with van der Waals surface area (Å²) in [6, 6.07) is 0.533. The lowest BCUT2D eigenvalue weighted by molar-refractivity contribution is -0.129. The number of rotatable bonds is 5. The number of nitrogens with zero attached hydrogens (tertiary/aromatic N) is 2. The molecule has 2 rings (SSSR count). The number of amides is 1. The third kappa shape index (κ3) is 4.07. The fraction of sp³-hybridized carbons (Fsp3) is 0.667. The Labute approximate surface area is 129 Å². The molecule has 7 heteroatoms. The zero-order chi connectivity index (χ0) is 16.3. The second-order valence-corrected chi connectivity index (χ2v) is 6.29. The maximum atomic E-state index is 12.2. The molecule has 0 spiro atoms. The van der Waals surface area contributed by atoms with Crippen molar-refractivity contribution < 1.29 is 4.79 Å². The van der Waals surface area contributed by atoms with Crippen molar-refractivity contribution in [2.24, 2.45) is 5.92 Å². The summed E-state index contributed by atoms with van der Waals surface area (Å²) in [6.07, 6.45) is 2.40. The van der Waals surface area contributed by atoms with Gasteiger partial charge in [0.1, 0.15) is 0 Å². The van der Waals surface area contributed by atoms with Crippen LogP contribution in [-0.2, 0) is 11.2 Å². The SMILES string of the molecule is CC(C)N1CC[C@H](CN(C)C(=O)Cc2c[nH]c(=O)[nH]c2=O)C1. The number of carbonyl (C=O) groups excluding carboxylic acids is 1. The van der Waals surface area contributed by atoms with Crippen LogP contribution in [0.2, 0.25) is 0 Å². The van der Waals surface area contributed by atoms with Crippen LogP contribution in [0.3, 0.4) is 0 Å². The van der Waals surface area contributed by atoms with Gasteiger partial charge in [0.05, 0.1) is 6.42 Å². The molecule has 1 fully saturated rings. The molecular weight excluding hydrogens is 284 g/mol. The Hall–Kier alpha value is -1.89. The Morgan fingerprint density at radius 2 is 2.18 bits per heavy atom. The maximum absolute atomic E-state index is 12.2. The highest BCUT2D eigenvalue weighted by Crippen LogP contribution is 2.19. The van der Waals surface area contributed by atoms with Gasteiger partial charge in [-0.3, -0.25) is 14.6 Å². The molecule has 1 atom stereocenters. The van der Waals surface area contributed by atoms with E-state index in [1.54, 1.807) is 11.9 Å². The fourth-order valence-electron chi connectivity index (χ4n) is 2.84. The molecule has 1 aromatic heterocycles.